The Labute approximate surface area is 180 Å². The van der Waals surface area contributed by atoms with Crippen LogP contribution in [-0.2, 0) is 13.0 Å². The Balaban J connectivity index is 1.49. The Morgan fingerprint density at radius 2 is 2.13 bits per heavy atom. The number of aliphatic imine (C=N–C) groups is 1. The highest BCUT2D eigenvalue weighted by Gasteiger charge is 2.22. The van der Waals surface area contributed by atoms with Gasteiger partial charge in [0.2, 0.25) is 5.28 Å². The third kappa shape index (κ3) is 3.75. The van der Waals surface area contributed by atoms with E-state index < -0.39 is 0 Å². The molecule has 0 amide bonds. The molecule has 0 saturated heterocycles. The fraction of sp³-hybridized carbons (Fsp3) is 0.304. The summed E-state index contributed by atoms with van der Waals surface area (Å²) in [7, 11) is 0. The summed E-state index contributed by atoms with van der Waals surface area (Å²) in [6.07, 6.45) is 8.56. The van der Waals surface area contributed by atoms with E-state index in [0.717, 1.165) is 46.5 Å². The average molecular weight is 419 g/mol. The van der Waals surface area contributed by atoms with E-state index in [4.69, 9.17) is 22.3 Å². The summed E-state index contributed by atoms with van der Waals surface area (Å²) >= 11 is 6.24. The predicted molar refractivity (Wildman–Crippen MR) is 122 cm³/mol. The second-order valence-electron chi connectivity index (χ2n) is 7.97. The van der Waals surface area contributed by atoms with Crippen LogP contribution in [0.4, 0.5) is 5.82 Å². The van der Waals surface area contributed by atoms with Crippen LogP contribution in [0.15, 0.2) is 41.7 Å². The summed E-state index contributed by atoms with van der Waals surface area (Å²) in [6.45, 7) is 3.62. The van der Waals surface area contributed by atoms with Gasteiger partial charge in [-0.3, -0.25) is 9.98 Å². The van der Waals surface area contributed by atoms with Crippen molar-refractivity contribution in [1.82, 2.24) is 15.0 Å². The minimum atomic E-state index is 0.267. The second kappa shape index (κ2) is 7.69. The van der Waals surface area contributed by atoms with E-state index >= 15 is 0 Å². The van der Waals surface area contributed by atoms with E-state index in [-0.39, 0.29) is 5.28 Å². The van der Waals surface area contributed by atoms with Gasteiger partial charge in [-0.25, -0.2) is 4.98 Å². The first-order chi connectivity index (χ1) is 14.6. The average Bonchev–Trinajstić information content (AvgIpc) is 3.58. The van der Waals surface area contributed by atoms with Crippen molar-refractivity contribution in [3.63, 3.8) is 0 Å². The number of hydrogen-bond acceptors (Lipinski definition) is 6. The maximum Gasteiger partial charge on any atom is 0.224 e. The molecule has 0 bridgehead atoms. The molecule has 30 heavy (non-hydrogen) atoms. The largest absolute Gasteiger partial charge is 0.404 e. The number of pyridine rings is 1. The Bertz CT molecular complexity index is 1180. The fourth-order valence-corrected chi connectivity index (χ4v) is 4.00. The van der Waals surface area contributed by atoms with Crippen molar-refractivity contribution in [1.29, 1.82) is 0 Å². The van der Waals surface area contributed by atoms with Gasteiger partial charge in [-0.2, -0.15) is 4.98 Å². The summed E-state index contributed by atoms with van der Waals surface area (Å²) in [6, 6.07) is 8.79. The van der Waals surface area contributed by atoms with E-state index in [1.165, 1.54) is 24.0 Å². The summed E-state index contributed by atoms with van der Waals surface area (Å²) in [4.78, 5) is 20.5. The van der Waals surface area contributed by atoms with Gasteiger partial charge in [0.05, 0.1) is 11.6 Å². The fourth-order valence-electron chi connectivity index (χ4n) is 3.83. The lowest BCUT2D eigenvalue weighted by Gasteiger charge is -2.30. The maximum atomic E-state index is 6.24. The molecule has 6 nitrogen and oxygen atoms in total. The van der Waals surface area contributed by atoms with Gasteiger partial charge in [-0.15, -0.1) is 0 Å². The molecule has 1 aliphatic heterocycles. The Kier molecular flexibility index (Phi) is 4.87. The molecular weight excluding hydrogens is 396 g/mol. The number of anilines is 1. The number of aromatic nitrogens is 3. The molecule has 5 rings (SSSR count). The number of nitrogens with zero attached hydrogens (tertiary/aromatic N) is 5. The van der Waals surface area contributed by atoms with Crippen LogP contribution in [0.5, 0.6) is 0 Å². The van der Waals surface area contributed by atoms with Gasteiger partial charge < -0.3 is 10.6 Å². The Morgan fingerprint density at radius 3 is 2.93 bits per heavy atom. The third-order valence-electron chi connectivity index (χ3n) is 5.63. The topological polar surface area (TPSA) is 80.3 Å². The van der Waals surface area contributed by atoms with E-state index in [2.05, 4.69) is 38.9 Å². The zero-order valence-electron chi connectivity index (χ0n) is 16.8. The highest BCUT2D eigenvalue weighted by atomic mass is 35.5. The maximum absolute atomic E-state index is 6.24. The van der Waals surface area contributed by atoms with E-state index in [0.29, 0.717) is 12.6 Å². The summed E-state index contributed by atoms with van der Waals surface area (Å²) in [5.41, 5.74) is 12.1. The molecule has 2 aliphatic rings. The quantitative estimate of drug-likeness (QED) is 0.510. The van der Waals surface area contributed by atoms with Crippen LogP contribution in [-0.4, -0.2) is 33.8 Å². The van der Waals surface area contributed by atoms with Crippen LogP contribution in [0.1, 0.15) is 35.2 Å². The highest BCUT2D eigenvalue weighted by molar-refractivity contribution is 6.28. The molecule has 3 heterocycles. The number of benzene rings is 1. The highest BCUT2D eigenvalue weighted by Crippen LogP contribution is 2.31. The molecule has 1 saturated carbocycles. The minimum Gasteiger partial charge on any atom is -0.404 e. The molecule has 0 atom stereocenters. The first-order valence-electron chi connectivity index (χ1n) is 10.2. The summed E-state index contributed by atoms with van der Waals surface area (Å²) < 4.78 is 0. The molecule has 0 spiro atoms. The van der Waals surface area contributed by atoms with E-state index in [9.17, 15) is 0 Å². The molecule has 2 N–H and O–H groups in total. The molecule has 3 aromatic rings. The number of hydrogen-bond donors (Lipinski definition) is 1. The zero-order chi connectivity index (χ0) is 20.7. The van der Waals surface area contributed by atoms with Gasteiger partial charge in [0.15, 0.2) is 0 Å². The second-order valence-corrected chi connectivity index (χ2v) is 8.31. The van der Waals surface area contributed by atoms with Gasteiger partial charge in [0.25, 0.3) is 0 Å². The molecule has 1 aliphatic carbocycles. The lowest BCUT2D eigenvalue weighted by molar-refractivity contribution is 0.704. The number of allylic oxidation sites excluding steroid dienone is 1. The molecule has 152 valence electrons. The van der Waals surface area contributed by atoms with Gasteiger partial charge in [-0.05, 0) is 55.1 Å². The van der Waals surface area contributed by atoms with Gasteiger partial charge >= 0.3 is 0 Å². The van der Waals surface area contributed by atoms with Crippen LogP contribution in [0.2, 0.25) is 5.28 Å². The number of rotatable bonds is 4. The van der Waals surface area contributed by atoms with Crippen molar-refractivity contribution < 1.29 is 0 Å². The van der Waals surface area contributed by atoms with Crippen molar-refractivity contribution in [3.05, 3.63) is 64.3 Å². The molecule has 2 aromatic heterocycles. The van der Waals surface area contributed by atoms with Crippen molar-refractivity contribution in [2.75, 3.05) is 11.4 Å². The first kappa shape index (κ1) is 19.0. The molecule has 0 unspecified atom stereocenters. The Morgan fingerprint density at radius 1 is 1.27 bits per heavy atom. The minimum absolute atomic E-state index is 0.267. The molecule has 1 aromatic carbocycles. The lowest BCUT2D eigenvalue weighted by atomic mass is 10.0. The number of fused-ring (bicyclic) bond motifs is 2. The summed E-state index contributed by atoms with van der Waals surface area (Å²) in [5, 5.41) is 1.29. The SMILES string of the molecule is Cc1ccc2nc(Cl)nc(N3CCc4ncc(/C(C=NC5CC5)=C/N)cc4C3)c2c1. The van der Waals surface area contributed by atoms with Crippen LogP contribution < -0.4 is 10.6 Å². The third-order valence-corrected chi connectivity index (χ3v) is 5.80. The molecular formula is C23H23ClN6. The molecule has 0 radical (unpaired) electrons. The first-order valence-corrected chi connectivity index (χ1v) is 10.6. The van der Waals surface area contributed by atoms with Crippen molar-refractivity contribution >= 4 is 40.1 Å². The monoisotopic (exact) mass is 418 g/mol. The van der Waals surface area contributed by atoms with Crippen LogP contribution in [0.25, 0.3) is 16.5 Å². The molecule has 7 heteroatoms. The number of nitrogens with two attached hydrogens (primary N) is 1. The lowest BCUT2D eigenvalue weighted by Crippen LogP contribution is -2.32. The zero-order valence-corrected chi connectivity index (χ0v) is 17.6. The Hall–Kier alpha value is -2.99. The van der Waals surface area contributed by atoms with Crippen LogP contribution >= 0.6 is 11.6 Å². The number of halogens is 1. The normalized spacial score (nSPS) is 17.0. The van der Waals surface area contributed by atoms with Gasteiger partial charge in [0.1, 0.15) is 5.82 Å². The molecule has 1 fully saturated rings. The smallest absolute Gasteiger partial charge is 0.224 e. The number of aryl methyl sites for hydroxylation is 1. The predicted octanol–water partition coefficient (Wildman–Crippen LogP) is 4.08. The standard InChI is InChI=1S/C23H23ClN6/c1-14-2-5-21-19(8-14)22(29-23(24)28-21)30-7-6-20-16(13-30)9-15(11-27-20)17(10-25)12-26-18-3-4-18/h2,5,8-12,18H,3-4,6-7,13,25H2,1H3/b17-10+,26-12?. The van der Waals surface area contributed by atoms with Crippen LogP contribution in [0.3, 0.4) is 0 Å². The van der Waals surface area contributed by atoms with Gasteiger partial charge in [-0.1, -0.05) is 11.6 Å². The van der Waals surface area contributed by atoms with Gasteiger partial charge in [0, 0.05) is 60.3 Å². The van der Waals surface area contributed by atoms with Crippen molar-refractivity contribution in [2.24, 2.45) is 10.7 Å². The summed E-state index contributed by atoms with van der Waals surface area (Å²) in [5.74, 6) is 0.870. The van der Waals surface area contributed by atoms with E-state index in [1.54, 1.807) is 6.20 Å². The van der Waals surface area contributed by atoms with Crippen LogP contribution in [0, 0.1) is 6.92 Å². The van der Waals surface area contributed by atoms with Crippen molar-refractivity contribution in [3.8, 4) is 0 Å². The van der Waals surface area contributed by atoms with Crippen molar-refractivity contribution in [2.45, 2.75) is 38.8 Å². The van der Waals surface area contributed by atoms with E-state index in [1.807, 2.05) is 24.5 Å².